The second kappa shape index (κ2) is 6.49. The maximum absolute atomic E-state index is 12.1. The first-order valence-corrected chi connectivity index (χ1v) is 7.61. The Balaban J connectivity index is 1.91. The van der Waals surface area contributed by atoms with Crippen LogP contribution in [0.1, 0.15) is 16.6 Å². The summed E-state index contributed by atoms with van der Waals surface area (Å²) < 4.78 is 6.09. The van der Waals surface area contributed by atoms with Crippen LogP contribution in [0.2, 0.25) is 0 Å². The summed E-state index contributed by atoms with van der Waals surface area (Å²) in [7, 11) is 0. The molecule has 0 aromatic carbocycles. The Hall–Kier alpha value is -0.920. The average molecular weight is 347 g/mol. The lowest BCUT2D eigenvalue weighted by Crippen LogP contribution is -2.50. The molecule has 5 nitrogen and oxygen atoms in total. The zero-order chi connectivity index (χ0) is 13.8. The van der Waals surface area contributed by atoms with Crippen LogP contribution in [0.15, 0.2) is 15.9 Å². The van der Waals surface area contributed by atoms with Gasteiger partial charge in [0.05, 0.1) is 21.9 Å². The van der Waals surface area contributed by atoms with E-state index in [2.05, 4.69) is 21.2 Å². The van der Waals surface area contributed by atoms with Gasteiger partial charge in [0.2, 0.25) is 5.91 Å². The Labute approximate surface area is 124 Å². The van der Waals surface area contributed by atoms with Gasteiger partial charge in [0, 0.05) is 13.1 Å². The summed E-state index contributed by atoms with van der Waals surface area (Å²) in [5.74, 6) is -0.280. The smallest absolute Gasteiger partial charge is 0.262 e. The topological polar surface area (TPSA) is 58.6 Å². The van der Waals surface area contributed by atoms with Crippen molar-refractivity contribution in [2.45, 2.75) is 13.0 Å². The summed E-state index contributed by atoms with van der Waals surface area (Å²) in [5.41, 5.74) is 0. The predicted molar refractivity (Wildman–Crippen MR) is 76.3 cm³/mol. The molecule has 1 atom stereocenters. The number of halogens is 1. The quantitative estimate of drug-likeness (QED) is 0.901. The van der Waals surface area contributed by atoms with E-state index in [0.717, 1.165) is 3.79 Å². The number of carbonyl (C=O) groups excluding carboxylic acids is 2. The maximum Gasteiger partial charge on any atom is 0.262 e. The molecule has 0 spiro atoms. The van der Waals surface area contributed by atoms with Crippen LogP contribution in [0.25, 0.3) is 0 Å². The second-order valence-corrected chi connectivity index (χ2v) is 6.70. The molecular formula is C12H15BrN2O3S. The van der Waals surface area contributed by atoms with E-state index in [1.165, 1.54) is 11.3 Å². The molecule has 1 aromatic heterocycles. The lowest BCUT2D eigenvalue weighted by atomic mass is 10.2. The minimum absolute atomic E-state index is 0.0627. The predicted octanol–water partition coefficient (Wildman–Crippen LogP) is 1.49. The van der Waals surface area contributed by atoms with Crippen LogP contribution in [-0.2, 0) is 9.53 Å². The molecule has 1 aliphatic heterocycles. The zero-order valence-corrected chi connectivity index (χ0v) is 12.9. The number of hydrogen-bond donors (Lipinski definition) is 1. The number of rotatable bonds is 3. The van der Waals surface area contributed by atoms with Gasteiger partial charge in [0.25, 0.3) is 5.91 Å². The summed E-state index contributed by atoms with van der Waals surface area (Å²) in [6, 6.07) is 3.02. The van der Waals surface area contributed by atoms with Crippen LogP contribution in [0.5, 0.6) is 0 Å². The van der Waals surface area contributed by atoms with Gasteiger partial charge in [-0.25, -0.2) is 0 Å². The van der Waals surface area contributed by atoms with Gasteiger partial charge in [-0.15, -0.1) is 11.3 Å². The number of ether oxygens (including phenoxy) is 1. The van der Waals surface area contributed by atoms with E-state index in [-0.39, 0.29) is 11.8 Å². The lowest BCUT2D eigenvalue weighted by Gasteiger charge is -2.29. The lowest BCUT2D eigenvalue weighted by molar-refractivity contribution is -0.136. The first-order valence-electron chi connectivity index (χ1n) is 6.00. The average Bonchev–Trinajstić information content (AvgIpc) is 2.85. The Morgan fingerprint density at radius 2 is 2.11 bits per heavy atom. The number of hydrogen-bond acceptors (Lipinski definition) is 4. The summed E-state index contributed by atoms with van der Waals surface area (Å²) in [5, 5.41) is 2.73. The summed E-state index contributed by atoms with van der Waals surface area (Å²) in [6.45, 7) is 4.00. The van der Waals surface area contributed by atoms with Crippen molar-refractivity contribution in [3.63, 3.8) is 0 Å². The molecule has 0 saturated carbocycles. The fraction of sp³-hybridized carbons (Fsp3) is 0.500. The Morgan fingerprint density at radius 3 is 2.68 bits per heavy atom. The van der Waals surface area contributed by atoms with Gasteiger partial charge in [0.1, 0.15) is 6.04 Å². The van der Waals surface area contributed by atoms with Gasteiger partial charge in [0.15, 0.2) is 0 Å². The van der Waals surface area contributed by atoms with Gasteiger partial charge >= 0.3 is 0 Å². The third kappa shape index (κ3) is 3.77. The molecule has 1 unspecified atom stereocenters. The Bertz CT molecular complexity index is 471. The molecule has 1 N–H and O–H groups in total. The van der Waals surface area contributed by atoms with E-state index >= 15 is 0 Å². The van der Waals surface area contributed by atoms with E-state index in [1.54, 1.807) is 17.9 Å². The van der Waals surface area contributed by atoms with Crippen molar-refractivity contribution in [1.82, 2.24) is 10.2 Å². The van der Waals surface area contributed by atoms with E-state index in [9.17, 15) is 9.59 Å². The van der Waals surface area contributed by atoms with Gasteiger partial charge in [-0.2, -0.15) is 0 Å². The van der Waals surface area contributed by atoms with Crippen LogP contribution in [0, 0.1) is 0 Å². The van der Waals surface area contributed by atoms with Crippen LogP contribution in [-0.4, -0.2) is 49.1 Å². The van der Waals surface area contributed by atoms with Gasteiger partial charge in [-0.05, 0) is 35.0 Å². The van der Waals surface area contributed by atoms with Gasteiger partial charge < -0.3 is 15.0 Å². The Kier molecular flexibility index (Phi) is 4.95. The van der Waals surface area contributed by atoms with Crippen molar-refractivity contribution < 1.29 is 14.3 Å². The summed E-state index contributed by atoms with van der Waals surface area (Å²) in [6.07, 6.45) is 0. The van der Waals surface area contributed by atoms with E-state index in [0.29, 0.717) is 31.2 Å². The van der Waals surface area contributed by atoms with Crippen molar-refractivity contribution in [3.05, 3.63) is 20.8 Å². The summed E-state index contributed by atoms with van der Waals surface area (Å²) >= 11 is 4.65. The largest absolute Gasteiger partial charge is 0.378 e. The first kappa shape index (κ1) is 14.5. The van der Waals surface area contributed by atoms with Crippen LogP contribution < -0.4 is 5.32 Å². The number of carbonyl (C=O) groups is 2. The monoisotopic (exact) mass is 346 g/mol. The standard InChI is InChI=1S/C12H15BrN2O3S/c1-8(12(17)15-4-6-18-7-5-15)14-11(16)9-2-3-10(13)19-9/h2-3,8H,4-7H2,1H3,(H,14,16). The highest BCUT2D eigenvalue weighted by Crippen LogP contribution is 2.21. The fourth-order valence-corrected chi connectivity index (χ4v) is 3.11. The molecule has 2 amide bonds. The molecule has 19 heavy (non-hydrogen) atoms. The Morgan fingerprint density at radius 1 is 1.42 bits per heavy atom. The number of nitrogens with one attached hydrogen (secondary N) is 1. The van der Waals surface area contributed by atoms with Crippen molar-refractivity contribution in [1.29, 1.82) is 0 Å². The number of morpholine rings is 1. The third-order valence-electron chi connectivity index (χ3n) is 2.84. The highest BCUT2D eigenvalue weighted by molar-refractivity contribution is 9.11. The van der Waals surface area contributed by atoms with Crippen LogP contribution >= 0.6 is 27.3 Å². The normalized spacial score (nSPS) is 17.1. The molecular weight excluding hydrogens is 332 g/mol. The molecule has 1 aliphatic rings. The molecule has 2 rings (SSSR count). The number of amides is 2. The van der Waals surface area contributed by atoms with Crippen molar-refractivity contribution in [2.75, 3.05) is 26.3 Å². The maximum atomic E-state index is 12.1. The third-order valence-corrected chi connectivity index (χ3v) is 4.46. The molecule has 1 aromatic rings. The molecule has 2 heterocycles. The molecule has 104 valence electrons. The van der Waals surface area contributed by atoms with Gasteiger partial charge in [-0.3, -0.25) is 9.59 Å². The zero-order valence-electron chi connectivity index (χ0n) is 10.5. The van der Waals surface area contributed by atoms with Crippen molar-refractivity contribution in [2.24, 2.45) is 0 Å². The highest BCUT2D eigenvalue weighted by atomic mass is 79.9. The SMILES string of the molecule is CC(NC(=O)c1ccc(Br)s1)C(=O)N1CCOCC1. The number of thiophene rings is 1. The van der Waals surface area contributed by atoms with E-state index < -0.39 is 6.04 Å². The minimum atomic E-state index is -0.522. The molecule has 0 radical (unpaired) electrons. The van der Waals surface area contributed by atoms with Crippen molar-refractivity contribution >= 4 is 39.1 Å². The molecule has 7 heteroatoms. The first-order chi connectivity index (χ1) is 9.08. The second-order valence-electron chi connectivity index (χ2n) is 4.24. The van der Waals surface area contributed by atoms with E-state index in [4.69, 9.17) is 4.74 Å². The van der Waals surface area contributed by atoms with Gasteiger partial charge in [-0.1, -0.05) is 0 Å². The van der Waals surface area contributed by atoms with Crippen LogP contribution in [0.4, 0.5) is 0 Å². The van der Waals surface area contributed by atoms with E-state index in [1.807, 2.05) is 6.07 Å². The highest BCUT2D eigenvalue weighted by Gasteiger charge is 2.24. The van der Waals surface area contributed by atoms with Crippen molar-refractivity contribution in [3.8, 4) is 0 Å². The molecule has 1 fully saturated rings. The molecule has 0 bridgehead atoms. The fourth-order valence-electron chi connectivity index (χ4n) is 1.82. The van der Waals surface area contributed by atoms with Crippen LogP contribution in [0.3, 0.4) is 0 Å². The molecule has 1 saturated heterocycles. The minimum Gasteiger partial charge on any atom is -0.378 e. The summed E-state index contributed by atoms with van der Waals surface area (Å²) in [4.78, 5) is 26.4. The molecule has 0 aliphatic carbocycles. The number of nitrogens with zero attached hydrogens (tertiary/aromatic N) is 1.